The van der Waals surface area contributed by atoms with Crippen LogP contribution in [0.4, 0.5) is 11.5 Å². The lowest BCUT2D eigenvalue weighted by atomic mass is 9.94. The quantitative estimate of drug-likeness (QED) is 0.451. The molecule has 0 radical (unpaired) electrons. The number of anilines is 2. The van der Waals surface area contributed by atoms with Crippen LogP contribution in [0.3, 0.4) is 0 Å². The molecule has 1 saturated heterocycles. The van der Waals surface area contributed by atoms with Crippen LogP contribution in [0.5, 0.6) is 5.88 Å². The van der Waals surface area contributed by atoms with Gasteiger partial charge in [0.05, 0.1) is 0 Å². The van der Waals surface area contributed by atoms with Crippen LogP contribution in [0.2, 0.25) is 0 Å². The first-order valence-corrected chi connectivity index (χ1v) is 13.1. The normalized spacial score (nSPS) is 15.4. The molecule has 2 aromatic carbocycles. The summed E-state index contributed by atoms with van der Waals surface area (Å²) in [5.74, 6) is 1.23. The highest BCUT2D eigenvalue weighted by Gasteiger charge is 2.31. The van der Waals surface area contributed by atoms with E-state index in [1.165, 1.54) is 22.5 Å². The summed E-state index contributed by atoms with van der Waals surface area (Å²) in [6, 6.07) is 17.2. The standard InChI is InChI=1S/C30H34N6O2/c1-4-28(37)34-14-16-35(17-15-34)29-24-12-13-36(27-11-7-9-22-8-5-6-10-23(22)27)21-26(24)25(20-31)30(32-29)38-19-18-33(2)3/h4-11H,1,12-19,21H2,2-3H3. The number of hydrogen-bond acceptors (Lipinski definition) is 7. The average molecular weight is 511 g/mol. The first-order valence-electron chi connectivity index (χ1n) is 13.1. The summed E-state index contributed by atoms with van der Waals surface area (Å²) in [7, 11) is 3.98. The minimum Gasteiger partial charge on any atom is -0.475 e. The molecule has 1 aromatic heterocycles. The van der Waals surface area contributed by atoms with E-state index in [0.717, 1.165) is 36.5 Å². The Morgan fingerprint density at radius 1 is 1.08 bits per heavy atom. The zero-order chi connectivity index (χ0) is 26.6. The molecule has 8 nitrogen and oxygen atoms in total. The summed E-state index contributed by atoms with van der Waals surface area (Å²) >= 11 is 0. The van der Waals surface area contributed by atoms with Gasteiger partial charge in [0.2, 0.25) is 11.8 Å². The predicted molar refractivity (Wildman–Crippen MR) is 151 cm³/mol. The molecular formula is C30H34N6O2. The molecule has 0 bridgehead atoms. The third-order valence-electron chi connectivity index (χ3n) is 7.40. The Balaban J connectivity index is 1.52. The Morgan fingerprint density at radius 3 is 2.58 bits per heavy atom. The van der Waals surface area contributed by atoms with E-state index in [-0.39, 0.29) is 5.91 Å². The number of rotatable bonds is 7. The van der Waals surface area contributed by atoms with Gasteiger partial charge in [-0.05, 0) is 38.0 Å². The van der Waals surface area contributed by atoms with Gasteiger partial charge in [-0.3, -0.25) is 4.79 Å². The lowest BCUT2D eigenvalue weighted by Crippen LogP contribution is -2.49. The number of aromatic nitrogens is 1. The third kappa shape index (κ3) is 5.02. The van der Waals surface area contributed by atoms with Crippen LogP contribution >= 0.6 is 0 Å². The number of pyridine rings is 1. The van der Waals surface area contributed by atoms with Crippen molar-refractivity contribution < 1.29 is 9.53 Å². The summed E-state index contributed by atoms with van der Waals surface area (Å²) in [5.41, 5.74) is 3.79. The number of nitrogens with zero attached hydrogens (tertiary/aromatic N) is 6. The number of piperazine rings is 1. The highest BCUT2D eigenvalue weighted by atomic mass is 16.5. The molecule has 5 rings (SSSR count). The van der Waals surface area contributed by atoms with Gasteiger partial charge in [0.25, 0.3) is 0 Å². The first kappa shape index (κ1) is 25.6. The molecule has 0 aliphatic carbocycles. The summed E-state index contributed by atoms with van der Waals surface area (Å²) in [6.07, 6.45) is 2.15. The first-order chi connectivity index (χ1) is 18.5. The molecule has 8 heteroatoms. The number of amides is 1. The molecular weight excluding hydrogens is 476 g/mol. The molecule has 3 aromatic rings. The lowest BCUT2D eigenvalue weighted by Gasteiger charge is -2.38. The molecule has 0 unspecified atom stereocenters. The summed E-state index contributed by atoms with van der Waals surface area (Å²) in [6.45, 7) is 8.81. The fraction of sp³-hybridized carbons (Fsp3) is 0.367. The molecule has 2 aliphatic heterocycles. The summed E-state index contributed by atoms with van der Waals surface area (Å²) in [4.78, 5) is 25.5. The van der Waals surface area contributed by atoms with Gasteiger partial charge < -0.3 is 24.3 Å². The number of likely N-dealkylation sites (N-methyl/N-ethyl adjacent to an activating group) is 1. The molecule has 3 heterocycles. The van der Waals surface area contributed by atoms with Crippen LogP contribution in [-0.4, -0.2) is 80.7 Å². The number of carbonyl (C=O) groups is 1. The Labute approximate surface area is 224 Å². The molecule has 196 valence electrons. The van der Waals surface area contributed by atoms with Gasteiger partial charge in [-0.1, -0.05) is 43.0 Å². The second kappa shape index (κ2) is 11.1. The lowest BCUT2D eigenvalue weighted by molar-refractivity contribution is -0.126. The highest BCUT2D eigenvalue weighted by molar-refractivity contribution is 5.94. The maximum atomic E-state index is 12.1. The maximum absolute atomic E-state index is 12.1. The van der Waals surface area contributed by atoms with Gasteiger partial charge >= 0.3 is 0 Å². The second-order valence-electron chi connectivity index (χ2n) is 10.0. The van der Waals surface area contributed by atoms with Crippen molar-refractivity contribution >= 4 is 28.2 Å². The number of nitriles is 1. The predicted octanol–water partition coefficient (Wildman–Crippen LogP) is 3.44. The number of hydrogen-bond donors (Lipinski definition) is 0. The fourth-order valence-electron chi connectivity index (χ4n) is 5.35. The van der Waals surface area contributed by atoms with Crippen LogP contribution in [0.25, 0.3) is 10.8 Å². The fourth-order valence-corrected chi connectivity index (χ4v) is 5.35. The maximum Gasteiger partial charge on any atom is 0.246 e. The van der Waals surface area contributed by atoms with E-state index in [0.29, 0.717) is 50.8 Å². The van der Waals surface area contributed by atoms with E-state index in [4.69, 9.17) is 9.72 Å². The van der Waals surface area contributed by atoms with Crippen LogP contribution in [-0.2, 0) is 17.8 Å². The van der Waals surface area contributed by atoms with Gasteiger partial charge in [-0.25, -0.2) is 0 Å². The minimum atomic E-state index is -0.0436. The SMILES string of the molecule is C=CC(=O)N1CCN(c2nc(OCCN(C)C)c(C#N)c3c2CCN(c2cccc4ccccc24)C3)CC1. The minimum absolute atomic E-state index is 0.0436. The van der Waals surface area contributed by atoms with Crippen molar-refractivity contribution in [2.45, 2.75) is 13.0 Å². The van der Waals surface area contributed by atoms with Crippen molar-refractivity contribution in [3.8, 4) is 11.9 Å². The van der Waals surface area contributed by atoms with Gasteiger partial charge in [-0.2, -0.15) is 10.2 Å². The molecule has 38 heavy (non-hydrogen) atoms. The molecule has 1 amide bonds. The molecule has 2 aliphatic rings. The van der Waals surface area contributed by atoms with Crippen molar-refractivity contribution in [1.82, 2.24) is 14.8 Å². The van der Waals surface area contributed by atoms with E-state index in [1.54, 1.807) is 0 Å². The molecule has 0 saturated carbocycles. The molecule has 0 spiro atoms. The van der Waals surface area contributed by atoms with Gasteiger partial charge in [0.15, 0.2) is 0 Å². The largest absolute Gasteiger partial charge is 0.475 e. The van der Waals surface area contributed by atoms with E-state index in [2.05, 4.69) is 64.9 Å². The van der Waals surface area contributed by atoms with Crippen molar-refractivity contribution in [2.24, 2.45) is 0 Å². The number of carbonyl (C=O) groups excluding carboxylic acids is 1. The number of ether oxygens (including phenoxy) is 1. The van der Waals surface area contributed by atoms with Gasteiger partial charge in [0, 0.05) is 68.0 Å². The molecule has 0 N–H and O–H groups in total. The average Bonchev–Trinajstić information content (AvgIpc) is 2.95. The zero-order valence-electron chi connectivity index (χ0n) is 22.2. The van der Waals surface area contributed by atoms with Crippen LogP contribution in [0.1, 0.15) is 16.7 Å². The van der Waals surface area contributed by atoms with Crippen LogP contribution < -0.4 is 14.5 Å². The molecule has 0 atom stereocenters. The Hall–Kier alpha value is -4.09. The molecule has 1 fully saturated rings. The van der Waals surface area contributed by atoms with E-state index in [1.807, 2.05) is 23.9 Å². The zero-order valence-corrected chi connectivity index (χ0v) is 22.2. The Morgan fingerprint density at radius 2 is 1.84 bits per heavy atom. The monoisotopic (exact) mass is 510 g/mol. The van der Waals surface area contributed by atoms with Crippen molar-refractivity contribution in [1.29, 1.82) is 5.26 Å². The second-order valence-corrected chi connectivity index (χ2v) is 10.0. The van der Waals surface area contributed by atoms with Gasteiger partial charge in [0.1, 0.15) is 24.1 Å². The summed E-state index contributed by atoms with van der Waals surface area (Å²) in [5, 5.41) is 12.7. The Kier molecular flexibility index (Phi) is 7.47. The number of fused-ring (bicyclic) bond motifs is 2. The van der Waals surface area contributed by atoms with E-state index in [9.17, 15) is 10.1 Å². The van der Waals surface area contributed by atoms with Crippen molar-refractivity contribution in [3.63, 3.8) is 0 Å². The summed E-state index contributed by atoms with van der Waals surface area (Å²) < 4.78 is 6.13. The highest BCUT2D eigenvalue weighted by Crippen LogP contribution is 2.38. The third-order valence-corrected chi connectivity index (χ3v) is 7.40. The van der Waals surface area contributed by atoms with Crippen LogP contribution in [0.15, 0.2) is 55.1 Å². The van der Waals surface area contributed by atoms with Crippen LogP contribution in [0, 0.1) is 11.3 Å². The topological polar surface area (TPSA) is 75.9 Å². The number of benzene rings is 2. The van der Waals surface area contributed by atoms with Crippen molar-refractivity contribution in [3.05, 3.63) is 71.8 Å². The van der Waals surface area contributed by atoms with Gasteiger partial charge in [-0.15, -0.1) is 0 Å². The van der Waals surface area contributed by atoms with Crippen molar-refractivity contribution in [2.75, 3.05) is 69.8 Å². The smallest absolute Gasteiger partial charge is 0.246 e. The Bertz CT molecular complexity index is 1380. The van der Waals surface area contributed by atoms with E-state index >= 15 is 0 Å². The van der Waals surface area contributed by atoms with E-state index < -0.39 is 0 Å².